The van der Waals surface area contributed by atoms with Gasteiger partial charge in [0.1, 0.15) is 5.75 Å². The predicted molar refractivity (Wildman–Crippen MR) is 103 cm³/mol. The molecule has 136 valence electrons. The molecule has 0 aliphatic carbocycles. The highest BCUT2D eigenvalue weighted by Crippen LogP contribution is 2.34. The van der Waals surface area contributed by atoms with Gasteiger partial charge in [0, 0.05) is 31.1 Å². The highest BCUT2D eigenvalue weighted by Gasteiger charge is 2.24. The van der Waals surface area contributed by atoms with Crippen LogP contribution in [0.25, 0.3) is 0 Å². The molecule has 2 amide bonds. The van der Waals surface area contributed by atoms with E-state index in [1.807, 2.05) is 49.4 Å². The number of nitrogens with one attached hydrogen (secondary N) is 1. The van der Waals surface area contributed by atoms with E-state index in [0.717, 1.165) is 17.7 Å². The van der Waals surface area contributed by atoms with E-state index in [9.17, 15) is 9.59 Å². The van der Waals surface area contributed by atoms with Crippen molar-refractivity contribution < 1.29 is 14.3 Å². The second-order valence-electron chi connectivity index (χ2n) is 6.60. The Labute approximate surface area is 154 Å². The minimum atomic E-state index is -0.0478. The van der Waals surface area contributed by atoms with Crippen LogP contribution in [0, 0.1) is 0 Å². The Bertz CT molecular complexity index is 789. The van der Waals surface area contributed by atoms with Crippen molar-refractivity contribution in [2.24, 2.45) is 0 Å². The molecule has 1 unspecified atom stereocenters. The maximum absolute atomic E-state index is 12.4. The summed E-state index contributed by atoms with van der Waals surface area (Å²) < 4.78 is 5.43. The third kappa shape index (κ3) is 4.04. The number of anilines is 2. The predicted octanol–water partition coefficient (Wildman–Crippen LogP) is 3.95. The van der Waals surface area contributed by atoms with Crippen LogP contribution in [0.2, 0.25) is 0 Å². The zero-order valence-corrected chi connectivity index (χ0v) is 15.2. The van der Waals surface area contributed by atoms with Crippen molar-refractivity contribution in [3.05, 3.63) is 54.1 Å². The smallest absolute Gasteiger partial charge is 0.227 e. The topological polar surface area (TPSA) is 58.6 Å². The lowest BCUT2D eigenvalue weighted by atomic mass is 9.97. The van der Waals surface area contributed by atoms with Crippen molar-refractivity contribution in [3.8, 4) is 5.75 Å². The zero-order valence-electron chi connectivity index (χ0n) is 15.2. The molecule has 1 aliphatic heterocycles. The standard InChI is InChI=1S/C21H24N2O3/c1-15(16-7-4-3-5-8-16)13-20(24)22-17-10-11-18(19(14-17)26-2)23-12-6-9-21(23)25/h3-5,7-8,10-11,14-15H,6,9,12-13H2,1-2H3,(H,22,24). The minimum Gasteiger partial charge on any atom is -0.494 e. The van der Waals surface area contributed by atoms with Crippen LogP contribution in [-0.2, 0) is 9.59 Å². The van der Waals surface area contributed by atoms with E-state index in [-0.39, 0.29) is 17.7 Å². The van der Waals surface area contributed by atoms with E-state index in [2.05, 4.69) is 5.32 Å². The highest BCUT2D eigenvalue weighted by atomic mass is 16.5. The molecule has 1 N–H and O–H groups in total. The number of benzene rings is 2. The number of carbonyl (C=O) groups excluding carboxylic acids is 2. The van der Waals surface area contributed by atoms with Crippen molar-refractivity contribution in [1.29, 1.82) is 0 Å². The Kier molecular flexibility index (Phi) is 5.56. The van der Waals surface area contributed by atoms with Gasteiger partial charge in [0.15, 0.2) is 0 Å². The van der Waals surface area contributed by atoms with Gasteiger partial charge in [0.05, 0.1) is 12.8 Å². The molecule has 0 radical (unpaired) electrons. The second-order valence-corrected chi connectivity index (χ2v) is 6.60. The molecular formula is C21H24N2O3. The van der Waals surface area contributed by atoms with Crippen LogP contribution < -0.4 is 15.0 Å². The summed E-state index contributed by atoms with van der Waals surface area (Å²) in [6, 6.07) is 15.4. The lowest BCUT2D eigenvalue weighted by molar-refractivity contribution is -0.117. The van der Waals surface area contributed by atoms with Crippen LogP contribution in [0.15, 0.2) is 48.5 Å². The maximum Gasteiger partial charge on any atom is 0.227 e. The van der Waals surface area contributed by atoms with Gasteiger partial charge in [-0.3, -0.25) is 9.59 Å². The van der Waals surface area contributed by atoms with Crippen molar-refractivity contribution in [2.75, 3.05) is 23.9 Å². The first-order valence-electron chi connectivity index (χ1n) is 8.91. The Balaban J connectivity index is 1.68. The van der Waals surface area contributed by atoms with E-state index < -0.39 is 0 Å². The summed E-state index contributed by atoms with van der Waals surface area (Å²) in [6.45, 7) is 2.74. The molecular weight excluding hydrogens is 328 g/mol. The van der Waals surface area contributed by atoms with E-state index in [0.29, 0.717) is 30.8 Å². The van der Waals surface area contributed by atoms with E-state index in [4.69, 9.17) is 4.74 Å². The van der Waals surface area contributed by atoms with Gasteiger partial charge in [-0.05, 0) is 30.0 Å². The fraction of sp³-hybridized carbons (Fsp3) is 0.333. The largest absolute Gasteiger partial charge is 0.494 e. The van der Waals surface area contributed by atoms with Crippen molar-refractivity contribution in [3.63, 3.8) is 0 Å². The summed E-state index contributed by atoms with van der Waals surface area (Å²) in [5.74, 6) is 0.791. The van der Waals surface area contributed by atoms with Crippen molar-refractivity contribution in [1.82, 2.24) is 0 Å². The van der Waals surface area contributed by atoms with Crippen LogP contribution in [0.3, 0.4) is 0 Å². The normalized spacial score (nSPS) is 15.0. The van der Waals surface area contributed by atoms with Crippen LogP contribution in [0.1, 0.15) is 37.7 Å². The molecule has 1 atom stereocenters. The number of rotatable bonds is 6. The number of nitrogens with zero attached hydrogens (tertiary/aromatic N) is 1. The number of carbonyl (C=O) groups is 2. The lowest BCUT2D eigenvalue weighted by Gasteiger charge is -2.20. The number of methoxy groups -OCH3 is 1. The van der Waals surface area contributed by atoms with Crippen molar-refractivity contribution >= 4 is 23.2 Å². The minimum absolute atomic E-state index is 0.0478. The molecule has 2 aromatic carbocycles. The first-order chi connectivity index (χ1) is 12.6. The van der Waals surface area contributed by atoms with Crippen LogP contribution in [-0.4, -0.2) is 25.5 Å². The summed E-state index contributed by atoms with van der Waals surface area (Å²) in [7, 11) is 1.57. The van der Waals surface area contributed by atoms with Crippen molar-refractivity contribution in [2.45, 2.75) is 32.1 Å². The lowest BCUT2D eigenvalue weighted by Crippen LogP contribution is -2.24. The molecule has 0 aromatic heterocycles. The number of amides is 2. The summed E-state index contributed by atoms with van der Waals surface area (Å²) in [5.41, 5.74) is 2.57. The molecule has 1 aliphatic rings. The van der Waals surface area contributed by atoms with Crippen LogP contribution in [0.5, 0.6) is 5.75 Å². The van der Waals surface area contributed by atoms with Crippen LogP contribution in [0.4, 0.5) is 11.4 Å². The Morgan fingerprint density at radius 1 is 1.23 bits per heavy atom. The molecule has 5 nitrogen and oxygen atoms in total. The Hall–Kier alpha value is -2.82. The quantitative estimate of drug-likeness (QED) is 0.856. The van der Waals surface area contributed by atoms with Gasteiger partial charge < -0.3 is 15.0 Å². The van der Waals surface area contributed by atoms with E-state index in [1.54, 1.807) is 18.1 Å². The molecule has 2 aromatic rings. The molecule has 1 fully saturated rings. The van der Waals surface area contributed by atoms with Gasteiger partial charge in [-0.1, -0.05) is 37.3 Å². The first kappa shape index (κ1) is 18.0. The summed E-state index contributed by atoms with van der Waals surface area (Å²) in [4.78, 5) is 26.1. The maximum atomic E-state index is 12.4. The van der Waals surface area contributed by atoms with Crippen LogP contribution >= 0.6 is 0 Å². The van der Waals surface area contributed by atoms with E-state index >= 15 is 0 Å². The molecule has 0 spiro atoms. The third-order valence-corrected chi connectivity index (χ3v) is 4.69. The Morgan fingerprint density at radius 2 is 2.00 bits per heavy atom. The number of hydrogen-bond acceptors (Lipinski definition) is 3. The summed E-state index contributed by atoms with van der Waals surface area (Å²) in [6.07, 6.45) is 1.83. The van der Waals surface area contributed by atoms with Gasteiger partial charge in [-0.25, -0.2) is 0 Å². The average Bonchev–Trinajstić information content (AvgIpc) is 3.08. The molecule has 1 heterocycles. The molecule has 0 saturated carbocycles. The summed E-state index contributed by atoms with van der Waals surface area (Å²) >= 11 is 0. The fourth-order valence-corrected chi connectivity index (χ4v) is 3.27. The molecule has 3 rings (SSSR count). The average molecular weight is 352 g/mol. The zero-order chi connectivity index (χ0) is 18.5. The SMILES string of the molecule is COc1cc(NC(=O)CC(C)c2ccccc2)ccc1N1CCCC1=O. The molecule has 1 saturated heterocycles. The summed E-state index contributed by atoms with van der Waals surface area (Å²) in [5, 5.41) is 2.92. The fourth-order valence-electron chi connectivity index (χ4n) is 3.27. The molecule has 26 heavy (non-hydrogen) atoms. The van der Waals surface area contributed by atoms with Gasteiger partial charge in [0.25, 0.3) is 0 Å². The second kappa shape index (κ2) is 8.04. The first-order valence-corrected chi connectivity index (χ1v) is 8.91. The highest BCUT2D eigenvalue weighted by molar-refractivity contribution is 5.98. The van der Waals surface area contributed by atoms with Gasteiger partial charge in [-0.2, -0.15) is 0 Å². The molecule has 5 heteroatoms. The van der Waals surface area contributed by atoms with Gasteiger partial charge >= 0.3 is 0 Å². The van der Waals surface area contributed by atoms with E-state index in [1.165, 1.54) is 0 Å². The number of ether oxygens (including phenoxy) is 1. The Morgan fingerprint density at radius 3 is 2.65 bits per heavy atom. The van der Waals surface area contributed by atoms with Gasteiger partial charge in [-0.15, -0.1) is 0 Å². The molecule has 0 bridgehead atoms. The number of hydrogen-bond donors (Lipinski definition) is 1. The van der Waals surface area contributed by atoms with Gasteiger partial charge in [0.2, 0.25) is 11.8 Å². The monoisotopic (exact) mass is 352 g/mol. The third-order valence-electron chi connectivity index (χ3n) is 4.69.